The summed E-state index contributed by atoms with van der Waals surface area (Å²) in [6.07, 6.45) is -3.14. The van der Waals surface area contributed by atoms with Crippen LogP contribution in [0.25, 0.3) is 0 Å². The highest BCUT2D eigenvalue weighted by Crippen LogP contribution is 2.31. The predicted octanol–water partition coefficient (Wildman–Crippen LogP) is 4.18. The van der Waals surface area contributed by atoms with Gasteiger partial charge in [0.25, 0.3) is 0 Å². The van der Waals surface area contributed by atoms with E-state index in [-0.39, 0.29) is 19.2 Å². The minimum Gasteiger partial charge on any atom is -0.480 e. The number of ether oxygens (including phenoxy) is 6. The van der Waals surface area contributed by atoms with Crippen molar-refractivity contribution in [3.8, 4) is 6.01 Å². The van der Waals surface area contributed by atoms with Crippen molar-refractivity contribution in [2.24, 2.45) is 0 Å². The first-order chi connectivity index (χ1) is 24.1. The number of rotatable bonds is 17. The number of carbonyl (C=O) groups excluding carboxylic acids is 1. The summed E-state index contributed by atoms with van der Waals surface area (Å²) >= 11 is 0. The van der Waals surface area contributed by atoms with Crippen LogP contribution in [0, 0.1) is 0 Å². The van der Waals surface area contributed by atoms with E-state index in [0.29, 0.717) is 19.8 Å². The predicted molar refractivity (Wildman–Crippen MR) is 179 cm³/mol. The highest BCUT2D eigenvalue weighted by molar-refractivity contribution is 5.80. The van der Waals surface area contributed by atoms with E-state index < -0.39 is 54.7 Å². The molecule has 14 nitrogen and oxygen atoms in total. The molecule has 0 aliphatic carbocycles. The van der Waals surface area contributed by atoms with Gasteiger partial charge in [0.05, 0.1) is 33.0 Å². The highest BCUT2D eigenvalue weighted by atomic mass is 16.6. The third-order valence-corrected chi connectivity index (χ3v) is 7.59. The average molecular weight is 690 g/mol. The summed E-state index contributed by atoms with van der Waals surface area (Å²) in [5.74, 6) is -1.32. The highest BCUT2D eigenvalue weighted by Gasteiger charge is 2.47. The van der Waals surface area contributed by atoms with E-state index in [0.717, 1.165) is 16.7 Å². The largest absolute Gasteiger partial charge is 0.480 e. The van der Waals surface area contributed by atoms with Gasteiger partial charge < -0.3 is 38.8 Å². The molecule has 266 valence electrons. The Morgan fingerprint density at radius 2 is 1.38 bits per heavy atom. The zero-order valence-electron chi connectivity index (χ0n) is 28.3. The minimum absolute atomic E-state index is 0.0711. The van der Waals surface area contributed by atoms with Crippen LogP contribution in [-0.2, 0) is 54.8 Å². The smallest absolute Gasteiger partial charge is 0.408 e. The quantitative estimate of drug-likeness (QED) is 0.163. The van der Waals surface area contributed by atoms with Crippen LogP contribution in [0.1, 0.15) is 37.5 Å². The number of nitrogens with one attached hydrogen (secondary N) is 1. The molecule has 0 bridgehead atoms. The lowest BCUT2D eigenvalue weighted by atomic mass is 10.1. The van der Waals surface area contributed by atoms with E-state index in [4.69, 9.17) is 28.4 Å². The number of carbonyl (C=O) groups is 2. The second-order valence-corrected chi connectivity index (χ2v) is 12.7. The van der Waals surface area contributed by atoms with Gasteiger partial charge in [0, 0.05) is 0 Å². The Morgan fingerprint density at radius 3 is 1.92 bits per heavy atom. The minimum atomic E-state index is -1.43. The number of hydrogen-bond donors (Lipinski definition) is 2. The molecule has 1 fully saturated rings. The molecular weight excluding hydrogens is 646 g/mol. The molecule has 0 spiro atoms. The van der Waals surface area contributed by atoms with Gasteiger partial charge >= 0.3 is 18.1 Å². The normalized spacial score (nSPS) is 19.5. The Kier molecular flexibility index (Phi) is 12.9. The standard InChI is InChI=1S/C36H43N5O9/c1-36(2,3)50-35(44)37-28(33(42)43)23-48-34-38-39-40-41(34)19-29-31(46-21-26-15-9-5-10-16-26)32(47-22-27-17-11-6-12-18-27)30(49-29)24-45-20-25-13-7-4-8-14-25/h4-18,28-32H,19-24H2,1-3H3,(H,37,44)(H,42,43)/t28-,29-,30+,31-,32+/m0/s1. The summed E-state index contributed by atoms with van der Waals surface area (Å²) < 4.78 is 38.0. The second kappa shape index (κ2) is 17.7. The van der Waals surface area contributed by atoms with Gasteiger partial charge in [-0.2, -0.15) is 4.68 Å². The molecule has 2 N–H and O–H groups in total. The summed E-state index contributed by atoms with van der Waals surface area (Å²) in [7, 11) is 0. The molecule has 0 radical (unpaired) electrons. The van der Waals surface area contributed by atoms with Crippen molar-refractivity contribution in [1.29, 1.82) is 0 Å². The average Bonchev–Trinajstić information content (AvgIpc) is 3.68. The third-order valence-electron chi connectivity index (χ3n) is 7.59. The molecule has 1 aliphatic heterocycles. The van der Waals surface area contributed by atoms with Crippen molar-refractivity contribution >= 4 is 12.1 Å². The van der Waals surface area contributed by atoms with E-state index in [1.54, 1.807) is 20.8 Å². The Balaban J connectivity index is 1.32. The van der Waals surface area contributed by atoms with Crippen LogP contribution in [0.3, 0.4) is 0 Å². The maximum Gasteiger partial charge on any atom is 0.408 e. The molecule has 3 aromatic carbocycles. The number of amides is 1. The van der Waals surface area contributed by atoms with Gasteiger partial charge in [-0.05, 0) is 47.9 Å². The molecule has 1 aromatic heterocycles. The van der Waals surface area contributed by atoms with Gasteiger partial charge in [-0.1, -0.05) is 96.1 Å². The Morgan fingerprint density at radius 1 is 0.840 bits per heavy atom. The fraction of sp³-hybridized carbons (Fsp3) is 0.417. The second-order valence-electron chi connectivity index (χ2n) is 12.7. The summed E-state index contributed by atoms with van der Waals surface area (Å²) in [6, 6.07) is 27.9. The van der Waals surface area contributed by atoms with Crippen molar-refractivity contribution in [2.45, 2.75) is 83.2 Å². The molecule has 0 saturated carbocycles. The number of nitrogens with zero attached hydrogens (tertiary/aromatic N) is 4. The van der Waals surface area contributed by atoms with Crippen LogP contribution in [0.15, 0.2) is 91.0 Å². The molecule has 0 unspecified atom stereocenters. The Hall–Kier alpha value is -4.89. The van der Waals surface area contributed by atoms with Crippen LogP contribution in [0.2, 0.25) is 0 Å². The zero-order chi connectivity index (χ0) is 35.3. The number of alkyl carbamates (subject to hydrolysis) is 1. The summed E-state index contributed by atoms with van der Waals surface area (Å²) in [4.78, 5) is 24.1. The molecule has 5 rings (SSSR count). The first-order valence-corrected chi connectivity index (χ1v) is 16.3. The lowest BCUT2D eigenvalue weighted by molar-refractivity contribution is -0.140. The van der Waals surface area contributed by atoms with E-state index in [9.17, 15) is 14.7 Å². The monoisotopic (exact) mass is 689 g/mol. The SMILES string of the molecule is CC(C)(C)OC(=O)N[C@@H](COc1nnnn1C[C@@H]1O[C@H](COCc2ccccc2)[C@@H](OCc2ccccc2)[C@H]1OCc1ccccc1)C(=O)O. The van der Waals surface area contributed by atoms with Crippen molar-refractivity contribution in [3.05, 3.63) is 108 Å². The van der Waals surface area contributed by atoms with E-state index >= 15 is 0 Å². The van der Waals surface area contributed by atoms with Gasteiger partial charge in [-0.3, -0.25) is 0 Å². The number of carboxylic acids is 1. The summed E-state index contributed by atoms with van der Waals surface area (Å²) in [5.41, 5.74) is 2.18. The van der Waals surface area contributed by atoms with Crippen molar-refractivity contribution < 1.29 is 43.1 Å². The van der Waals surface area contributed by atoms with Crippen molar-refractivity contribution in [3.63, 3.8) is 0 Å². The number of tetrazole rings is 1. The first-order valence-electron chi connectivity index (χ1n) is 16.3. The van der Waals surface area contributed by atoms with Gasteiger partial charge in [-0.15, -0.1) is 0 Å². The number of aliphatic carboxylic acids is 1. The lowest BCUT2D eigenvalue weighted by Crippen LogP contribution is -2.46. The van der Waals surface area contributed by atoms with Crippen LogP contribution in [-0.4, -0.2) is 86.6 Å². The summed E-state index contributed by atoms with van der Waals surface area (Å²) in [6.45, 7) is 5.87. The lowest BCUT2D eigenvalue weighted by Gasteiger charge is -2.25. The topological polar surface area (TPSA) is 165 Å². The van der Waals surface area contributed by atoms with Crippen LogP contribution in [0.4, 0.5) is 4.79 Å². The van der Waals surface area contributed by atoms with Crippen LogP contribution in [0.5, 0.6) is 6.01 Å². The number of carboxylic acid groups (broad SMARTS) is 1. The fourth-order valence-electron chi connectivity index (χ4n) is 5.26. The van der Waals surface area contributed by atoms with Gasteiger partial charge in [0.1, 0.15) is 36.6 Å². The molecule has 14 heteroatoms. The van der Waals surface area contributed by atoms with Crippen molar-refractivity contribution in [2.75, 3.05) is 13.2 Å². The number of aromatic nitrogens is 4. The number of hydrogen-bond acceptors (Lipinski definition) is 11. The van der Waals surface area contributed by atoms with E-state index in [1.165, 1.54) is 4.68 Å². The molecule has 1 saturated heterocycles. The van der Waals surface area contributed by atoms with E-state index in [2.05, 4.69) is 20.8 Å². The first kappa shape index (κ1) is 36.4. The van der Waals surface area contributed by atoms with Crippen LogP contribution >= 0.6 is 0 Å². The molecule has 2 heterocycles. The fourth-order valence-corrected chi connectivity index (χ4v) is 5.26. The van der Waals surface area contributed by atoms with Gasteiger partial charge in [-0.25, -0.2) is 9.59 Å². The number of benzene rings is 3. The molecule has 4 aromatic rings. The van der Waals surface area contributed by atoms with Gasteiger partial charge in [0.15, 0.2) is 6.04 Å². The Bertz CT molecular complexity index is 1620. The van der Waals surface area contributed by atoms with Crippen molar-refractivity contribution in [1.82, 2.24) is 25.5 Å². The summed E-state index contributed by atoms with van der Waals surface area (Å²) in [5, 5.41) is 23.7. The van der Waals surface area contributed by atoms with Crippen LogP contribution < -0.4 is 10.1 Å². The third kappa shape index (κ3) is 11.1. The molecule has 1 amide bonds. The molecule has 5 atom stereocenters. The zero-order valence-corrected chi connectivity index (χ0v) is 28.3. The molecular formula is C36H43N5O9. The maximum atomic E-state index is 12.2. The molecule has 1 aliphatic rings. The van der Waals surface area contributed by atoms with Gasteiger partial charge in [0.2, 0.25) is 0 Å². The molecule has 50 heavy (non-hydrogen) atoms. The Labute approximate surface area is 290 Å². The maximum absolute atomic E-state index is 12.2. The van der Waals surface area contributed by atoms with E-state index in [1.807, 2.05) is 91.0 Å².